The second kappa shape index (κ2) is 10.1. The molecule has 126 valence electrons. The molecule has 1 saturated carbocycles. The molecule has 22 heavy (non-hydrogen) atoms. The van der Waals surface area contributed by atoms with Gasteiger partial charge in [-0.3, -0.25) is 4.79 Å². The van der Waals surface area contributed by atoms with Gasteiger partial charge in [0, 0.05) is 18.2 Å². The zero-order valence-corrected chi connectivity index (χ0v) is 14.9. The van der Waals surface area contributed by atoms with Crippen molar-refractivity contribution in [3.8, 4) is 0 Å². The second-order valence-electron chi connectivity index (χ2n) is 5.96. The van der Waals surface area contributed by atoms with Gasteiger partial charge in [-0.2, -0.15) is 0 Å². The van der Waals surface area contributed by atoms with Crippen LogP contribution in [0.25, 0.3) is 0 Å². The molecule has 1 aromatic carbocycles. The maximum Gasteiger partial charge on any atom is 0.227 e. The number of halogens is 2. The zero-order valence-electron chi connectivity index (χ0n) is 13.2. The Balaban J connectivity index is 0.00000220. The molecule has 0 saturated heterocycles. The first-order chi connectivity index (χ1) is 9.60. The van der Waals surface area contributed by atoms with Gasteiger partial charge < -0.3 is 16.0 Å². The quantitative estimate of drug-likeness (QED) is 0.860. The van der Waals surface area contributed by atoms with Gasteiger partial charge in [0.05, 0.1) is 0 Å². The number of carbonyl (C=O) groups excluding carboxylic acids is 1. The molecule has 3 N–H and O–H groups in total. The summed E-state index contributed by atoms with van der Waals surface area (Å²) in [6.07, 6.45) is 3.15. The Morgan fingerprint density at radius 2 is 2.05 bits per heavy atom. The SMILES string of the molecule is CN(C)Cc1cccc(NC(=O)[C@@H]2CCC[C@@H]2CN)c1.Cl.Cl. The highest BCUT2D eigenvalue weighted by atomic mass is 35.5. The van der Waals surface area contributed by atoms with E-state index in [1.807, 2.05) is 32.3 Å². The van der Waals surface area contributed by atoms with E-state index in [-0.39, 0.29) is 36.6 Å². The molecule has 0 radical (unpaired) electrons. The Hall–Kier alpha value is -0.810. The van der Waals surface area contributed by atoms with Gasteiger partial charge in [-0.25, -0.2) is 0 Å². The van der Waals surface area contributed by atoms with E-state index in [0.717, 1.165) is 31.5 Å². The minimum absolute atomic E-state index is 0. The molecule has 0 bridgehead atoms. The molecular formula is C16H27Cl2N3O. The Morgan fingerprint density at radius 1 is 1.32 bits per heavy atom. The van der Waals surface area contributed by atoms with Gasteiger partial charge in [-0.05, 0) is 57.1 Å². The number of hydrogen-bond donors (Lipinski definition) is 2. The van der Waals surface area contributed by atoms with Crippen LogP contribution in [0.2, 0.25) is 0 Å². The Bertz CT molecular complexity index is 468. The highest BCUT2D eigenvalue weighted by Gasteiger charge is 2.31. The Kier molecular flexibility index (Phi) is 9.69. The summed E-state index contributed by atoms with van der Waals surface area (Å²) in [5, 5.41) is 3.05. The van der Waals surface area contributed by atoms with Crippen molar-refractivity contribution in [1.82, 2.24) is 4.90 Å². The molecule has 4 nitrogen and oxygen atoms in total. The minimum atomic E-state index is 0. The topological polar surface area (TPSA) is 58.4 Å². The van der Waals surface area contributed by atoms with Crippen molar-refractivity contribution >= 4 is 36.4 Å². The highest BCUT2D eigenvalue weighted by Crippen LogP contribution is 2.31. The normalized spacial score (nSPS) is 20.2. The highest BCUT2D eigenvalue weighted by molar-refractivity contribution is 5.93. The lowest BCUT2D eigenvalue weighted by Gasteiger charge is -2.18. The number of anilines is 1. The van der Waals surface area contributed by atoms with Crippen LogP contribution in [-0.4, -0.2) is 31.4 Å². The molecule has 1 amide bonds. The lowest BCUT2D eigenvalue weighted by Crippen LogP contribution is -2.29. The van der Waals surface area contributed by atoms with Crippen molar-refractivity contribution in [3.63, 3.8) is 0 Å². The van der Waals surface area contributed by atoms with Gasteiger partial charge in [-0.1, -0.05) is 18.6 Å². The molecule has 1 aliphatic carbocycles. The number of carbonyl (C=O) groups is 1. The van der Waals surface area contributed by atoms with Gasteiger partial charge in [0.1, 0.15) is 0 Å². The molecule has 0 spiro atoms. The molecule has 6 heteroatoms. The van der Waals surface area contributed by atoms with E-state index in [9.17, 15) is 4.79 Å². The van der Waals surface area contributed by atoms with E-state index < -0.39 is 0 Å². The third-order valence-electron chi connectivity index (χ3n) is 3.99. The monoisotopic (exact) mass is 347 g/mol. The number of rotatable bonds is 5. The predicted octanol–water partition coefficient (Wildman–Crippen LogP) is 2.91. The third-order valence-corrected chi connectivity index (χ3v) is 3.99. The maximum atomic E-state index is 12.3. The zero-order chi connectivity index (χ0) is 14.5. The average Bonchev–Trinajstić information content (AvgIpc) is 2.86. The predicted molar refractivity (Wildman–Crippen MR) is 96.8 cm³/mol. The third kappa shape index (κ3) is 5.76. The molecule has 0 aromatic heterocycles. The van der Waals surface area contributed by atoms with Crippen LogP contribution < -0.4 is 11.1 Å². The smallest absolute Gasteiger partial charge is 0.227 e. The summed E-state index contributed by atoms with van der Waals surface area (Å²) >= 11 is 0. The van der Waals surface area contributed by atoms with Crippen molar-refractivity contribution in [3.05, 3.63) is 29.8 Å². The van der Waals surface area contributed by atoms with Crippen molar-refractivity contribution in [2.75, 3.05) is 26.0 Å². The van der Waals surface area contributed by atoms with Gasteiger partial charge in [0.2, 0.25) is 5.91 Å². The number of benzene rings is 1. The lowest BCUT2D eigenvalue weighted by molar-refractivity contribution is -0.120. The number of nitrogens with two attached hydrogens (primary N) is 1. The summed E-state index contributed by atoms with van der Waals surface area (Å²) in [6.45, 7) is 1.48. The number of nitrogens with zero attached hydrogens (tertiary/aromatic N) is 1. The molecule has 1 aliphatic rings. The maximum absolute atomic E-state index is 12.3. The first kappa shape index (κ1) is 21.2. The molecule has 0 unspecified atom stereocenters. The van der Waals surface area contributed by atoms with E-state index in [1.54, 1.807) is 0 Å². The Labute approximate surface area is 145 Å². The van der Waals surface area contributed by atoms with E-state index >= 15 is 0 Å². The summed E-state index contributed by atoms with van der Waals surface area (Å²) in [7, 11) is 4.07. The van der Waals surface area contributed by atoms with Crippen LogP contribution in [0, 0.1) is 11.8 Å². The largest absolute Gasteiger partial charge is 0.330 e. The molecule has 2 atom stereocenters. The van der Waals surface area contributed by atoms with Gasteiger partial charge in [0.25, 0.3) is 0 Å². The summed E-state index contributed by atoms with van der Waals surface area (Å²) in [6, 6.07) is 8.06. The van der Waals surface area contributed by atoms with E-state index in [0.29, 0.717) is 12.5 Å². The number of amides is 1. The minimum Gasteiger partial charge on any atom is -0.330 e. The molecule has 2 rings (SSSR count). The van der Waals surface area contributed by atoms with Crippen LogP contribution in [0.4, 0.5) is 5.69 Å². The van der Waals surface area contributed by atoms with Gasteiger partial charge in [-0.15, -0.1) is 24.8 Å². The fourth-order valence-electron chi connectivity index (χ4n) is 3.01. The van der Waals surface area contributed by atoms with Crippen LogP contribution >= 0.6 is 24.8 Å². The summed E-state index contributed by atoms with van der Waals surface area (Å²) < 4.78 is 0. The van der Waals surface area contributed by atoms with Crippen molar-refractivity contribution in [2.45, 2.75) is 25.8 Å². The number of hydrogen-bond acceptors (Lipinski definition) is 3. The average molecular weight is 348 g/mol. The van der Waals surface area contributed by atoms with E-state index in [4.69, 9.17) is 5.73 Å². The molecule has 1 aromatic rings. The summed E-state index contributed by atoms with van der Waals surface area (Å²) in [4.78, 5) is 14.5. The summed E-state index contributed by atoms with van der Waals surface area (Å²) in [5.41, 5.74) is 7.84. The van der Waals surface area contributed by atoms with E-state index in [1.165, 1.54) is 5.56 Å². The fraction of sp³-hybridized carbons (Fsp3) is 0.562. The second-order valence-corrected chi connectivity index (χ2v) is 5.96. The van der Waals surface area contributed by atoms with Crippen LogP contribution in [-0.2, 0) is 11.3 Å². The van der Waals surface area contributed by atoms with Gasteiger partial charge in [0.15, 0.2) is 0 Å². The molecule has 0 aliphatic heterocycles. The lowest BCUT2D eigenvalue weighted by atomic mass is 9.95. The van der Waals surface area contributed by atoms with Gasteiger partial charge >= 0.3 is 0 Å². The van der Waals surface area contributed by atoms with Crippen molar-refractivity contribution < 1.29 is 4.79 Å². The van der Waals surface area contributed by atoms with Crippen molar-refractivity contribution in [2.24, 2.45) is 17.6 Å². The van der Waals surface area contributed by atoms with Crippen molar-refractivity contribution in [1.29, 1.82) is 0 Å². The van der Waals surface area contributed by atoms with Crippen LogP contribution in [0.15, 0.2) is 24.3 Å². The standard InChI is InChI=1S/C16H25N3O.2ClH/c1-19(2)11-12-5-3-7-14(9-12)18-16(20)15-8-4-6-13(15)10-17;;/h3,5,7,9,13,15H,4,6,8,10-11,17H2,1-2H3,(H,18,20);2*1H/t13-,15-;;/m1../s1. The Morgan fingerprint density at radius 3 is 2.68 bits per heavy atom. The molecule has 1 fully saturated rings. The fourth-order valence-corrected chi connectivity index (χ4v) is 3.01. The molecule has 0 heterocycles. The summed E-state index contributed by atoms with van der Waals surface area (Å²) in [5.74, 6) is 0.553. The first-order valence-corrected chi connectivity index (χ1v) is 7.34. The number of nitrogens with one attached hydrogen (secondary N) is 1. The van der Waals surface area contributed by atoms with Crippen LogP contribution in [0.1, 0.15) is 24.8 Å². The van der Waals surface area contributed by atoms with E-state index in [2.05, 4.69) is 16.3 Å². The molecular weight excluding hydrogens is 321 g/mol. The first-order valence-electron chi connectivity index (χ1n) is 7.34. The van der Waals surface area contributed by atoms with Crippen LogP contribution in [0.5, 0.6) is 0 Å². The van der Waals surface area contributed by atoms with Crippen LogP contribution in [0.3, 0.4) is 0 Å².